The third-order valence-electron chi connectivity index (χ3n) is 0.300. The Labute approximate surface area is 58.1 Å². The van der Waals surface area contributed by atoms with Crippen molar-refractivity contribution in [2.24, 2.45) is 5.73 Å². The minimum absolute atomic E-state index is 0. The van der Waals surface area contributed by atoms with Crippen molar-refractivity contribution < 1.29 is 17.0 Å². The molecule has 0 aliphatic carbocycles. The molecule has 0 rings (SSSR count). The molecule has 0 aromatic carbocycles. The minimum atomic E-state index is 0. The number of rotatable bonds is 1. The van der Waals surface area contributed by atoms with Crippen molar-refractivity contribution in [1.82, 2.24) is 0 Å². The molecule has 0 amide bonds. The quantitative estimate of drug-likeness (QED) is 0.353. The maximum atomic E-state index is 6.64. The zero-order valence-corrected chi connectivity index (χ0v) is 6.47. The molecular weight excluding hydrogens is 176 g/mol. The van der Waals surface area contributed by atoms with Gasteiger partial charge in [-0.2, -0.15) is 0 Å². The summed E-state index contributed by atoms with van der Waals surface area (Å²) in [5, 5.41) is 6.84. The molecule has 4 heteroatoms. The SMILES string of the molecule is CCSC(=N)N.[Br-]. The van der Waals surface area contributed by atoms with Crippen LogP contribution in [0.25, 0.3) is 0 Å². The molecule has 0 unspecified atom stereocenters. The standard InChI is InChI=1S/C3H8N2S.BrH/c1-2-6-3(4)5;/h2H2,1H3,(H3,4,5);1H/p-1. The lowest BCUT2D eigenvalue weighted by atomic mass is 11.0. The predicted octanol–water partition coefficient (Wildman–Crippen LogP) is -2.36. The third kappa shape index (κ3) is 10.7. The first-order valence-corrected chi connectivity index (χ1v) is 2.72. The molecule has 0 atom stereocenters. The zero-order valence-electron chi connectivity index (χ0n) is 4.07. The molecule has 2 nitrogen and oxygen atoms in total. The molecule has 0 aliphatic heterocycles. The fourth-order valence-electron chi connectivity index (χ4n) is 0.156. The van der Waals surface area contributed by atoms with Crippen LogP contribution in [0.4, 0.5) is 0 Å². The summed E-state index contributed by atoms with van der Waals surface area (Å²) >= 11 is 1.35. The Kier molecular flexibility index (Phi) is 9.28. The van der Waals surface area contributed by atoms with Crippen LogP contribution < -0.4 is 22.7 Å². The highest BCUT2D eigenvalue weighted by molar-refractivity contribution is 8.13. The van der Waals surface area contributed by atoms with Gasteiger partial charge in [0.25, 0.3) is 0 Å². The number of hydrogen-bond donors (Lipinski definition) is 2. The average Bonchev–Trinajstić information content (AvgIpc) is 1.35. The van der Waals surface area contributed by atoms with Crippen molar-refractivity contribution in [2.45, 2.75) is 6.92 Å². The molecule has 0 saturated carbocycles. The molecule has 0 aromatic heterocycles. The molecule has 44 valence electrons. The Hall–Kier alpha value is 0.300. The van der Waals surface area contributed by atoms with E-state index in [1.807, 2.05) is 6.92 Å². The number of thioether (sulfide) groups is 1. The van der Waals surface area contributed by atoms with Gasteiger partial charge in [-0.1, -0.05) is 18.7 Å². The number of hydrogen-bond acceptors (Lipinski definition) is 2. The Morgan fingerprint density at radius 3 is 2.29 bits per heavy atom. The van der Waals surface area contributed by atoms with E-state index in [9.17, 15) is 0 Å². The van der Waals surface area contributed by atoms with Gasteiger partial charge in [-0.25, -0.2) is 0 Å². The molecule has 0 fully saturated rings. The van der Waals surface area contributed by atoms with E-state index in [1.54, 1.807) is 0 Å². The van der Waals surface area contributed by atoms with Crippen LogP contribution in [0.15, 0.2) is 0 Å². The van der Waals surface area contributed by atoms with Crippen LogP contribution in [-0.2, 0) is 0 Å². The Balaban J connectivity index is 0. The minimum Gasteiger partial charge on any atom is -1.00 e. The fourth-order valence-corrected chi connectivity index (χ4v) is 0.467. The summed E-state index contributed by atoms with van der Waals surface area (Å²) in [7, 11) is 0. The highest BCUT2D eigenvalue weighted by Crippen LogP contribution is 1.92. The fraction of sp³-hybridized carbons (Fsp3) is 0.667. The topological polar surface area (TPSA) is 49.9 Å². The first-order chi connectivity index (χ1) is 2.77. The van der Waals surface area contributed by atoms with E-state index in [-0.39, 0.29) is 22.1 Å². The lowest BCUT2D eigenvalue weighted by Crippen LogP contribution is -3.00. The van der Waals surface area contributed by atoms with Crippen LogP contribution in [0.3, 0.4) is 0 Å². The van der Waals surface area contributed by atoms with Gasteiger partial charge in [0.05, 0.1) is 0 Å². The number of nitrogens with two attached hydrogens (primary N) is 1. The molecule has 0 aliphatic rings. The van der Waals surface area contributed by atoms with Crippen molar-refractivity contribution in [1.29, 1.82) is 5.41 Å². The highest BCUT2D eigenvalue weighted by atomic mass is 79.9. The van der Waals surface area contributed by atoms with E-state index in [2.05, 4.69) is 0 Å². The number of amidine groups is 1. The van der Waals surface area contributed by atoms with Gasteiger partial charge in [0, 0.05) is 0 Å². The van der Waals surface area contributed by atoms with Gasteiger partial charge < -0.3 is 22.7 Å². The molecule has 0 heterocycles. The van der Waals surface area contributed by atoms with Gasteiger partial charge in [-0.15, -0.1) is 0 Å². The van der Waals surface area contributed by atoms with Crippen LogP contribution in [-0.4, -0.2) is 10.9 Å². The largest absolute Gasteiger partial charge is 1.00 e. The number of nitrogens with one attached hydrogen (secondary N) is 1. The average molecular weight is 184 g/mol. The van der Waals surface area contributed by atoms with E-state index in [0.29, 0.717) is 0 Å². The van der Waals surface area contributed by atoms with Crippen molar-refractivity contribution in [3.63, 3.8) is 0 Å². The van der Waals surface area contributed by atoms with Gasteiger partial charge in [0.1, 0.15) is 0 Å². The van der Waals surface area contributed by atoms with Crippen LogP contribution in [0.5, 0.6) is 0 Å². The second kappa shape index (κ2) is 6.30. The molecule has 0 aromatic rings. The lowest BCUT2D eigenvalue weighted by Gasteiger charge is -1.85. The summed E-state index contributed by atoms with van der Waals surface area (Å²) in [5.41, 5.74) is 4.95. The van der Waals surface area contributed by atoms with Gasteiger partial charge >= 0.3 is 0 Å². The molecule has 3 N–H and O–H groups in total. The summed E-state index contributed by atoms with van der Waals surface area (Å²) in [4.78, 5) is 0. The van der Waals surface area contributed by atoms with Gasteiger partial charge in [0.2, 0.25) is 0 Å². The highest BCUT2D eigenvalue weighted by Gasteiger charge is 1.79. The maximum Gasteiger partial charge on any atom is 0.151 e. The maximum absolute atomic E-state index is 6.64. The van der Waals surface area contributed by atoms with E-state index in [0.717, 1.165) is 5.75 Å². The van der Waals surface area contributed by atoms with E-state index in [1.165, 1.54) is 11.8 Å². The first-order valence-electron chi connectivity index (χ1n) is 1.74. The Bertz CT molecular complexity index is 56.9. The van der Waals surface area contributed by atoms with E-state index < -0.39 is 0 Å². The molecular formula is C3H8BrN2S-. The van der Waals surface area contributed by atoms with Gasteiger partial charge in [-0.05, 0) is 5.75 Å². The van der Waals surface area contributed by atoms with Crippen molar-refractivity contribution in [2.75, 3.05) is 5.75 Å². The summed E-state index contributed by atoms with van der Waals surface area (Å²) in [5.74, 6) is 0.898. The Morgan fingerprint density at radius 2 is 2.29 bits per heavy atom. The molecule has 0 bridgehead atoms. The van der Waals surface area contributed by atoms with Crippen molar-refractivity contribution in [3.05, 3.63) is 0 Å². The lowest BCUT2D eigenvalue weighted by molar-refractivity contribution is -0.00000164. The molecule has 0 radical (unpaired) electrons. The van der Waals surface area contributed by atoms with Gasteiger partial charge in [-0.3, -0.25) is 5.41 Å². The smallest absolute Gasteiger partial charge is 0.151 e. The van der Waals surface area contributed by atoms with Crippen LogP contribution in [0, 0.1) is 5.41 Å². The summed E-state index contributed by atoms with van der Waals surface area (Å²) < 4.78 is 0. The van der Waals surface area contributed by atoms with Crippen molar-refractivity contribution in [3.8, 4) is 0 Å². The van der Waals surface area contributed by atoms with Crippen LogP contribution in [0.2, 0.25) is 0 Å². The van der Waals surface area contributed by atoms with E-state index >= 15 is 0 Å². The first kappa shape index (κ1) is 10.3. The summed E-state index contributed by atoms with van der Waals surface area (Å²) in [6.07, 6.45) is 0. The monoisotopic (exact) mass is 183 g/mol. The third-order valence-corrected chi connectivity index (χ3v) is 0.900. The van der Waals surface area contributed by atoms with E-state index in [4.69, 9.17) is 11.1 Å². The molecule has 7 heavy (non-hydrogen) atoms. The van der Waals surface area contributed by atoms with Crippen molar-refractivity contribution >= 4 is 16.9 Å². The second-order valence-electron chi connectivity index (χ2n) is 0.797. The Morgan fingerprint density at radius 1 is 1.86 bits per heavy atom. The summed E-state index contributed by atoms with van der Waals surface area (Å²) in [6, 6.07) is 0. The zero-order chi connectivity index (χ0) is 4.99. The van der Waals surface area contributed by atoms with Crippen LogP contribution >= 0.6 is 11.8 Å². The van der Waals surface area contributed by atoms with Gasteiger partial charge in [0.15, 0.2) is 5.17 Å². The summed E-state index contributed by atoms with van der Waals surface area (Å²) in [6.45, 7) is 1.96. The normalized spacial score (nSPS) is 7.00. The van der Waals surface area contributed by atoms with Crippen LogP contribution in [0.1, 0.15) is 6.92 Å². The second-order valence-corrected chi connectivity index (χ2v) is 2.10. The predicted molar refractivity (Wildman–Crippen MR) is 30.0 cm³/mol. The molecule has 0 spiro atoms. The molecule has 0 saturated heterocycles. The number of halogens is 1.